The van der Waals surface area contributed by atoms with Crippen LogP contribution >= 0.6 is 0 Å². The van der Waals surface area contributed by atoms with Crippen molar-refractivity contribution < 1.29 is 0 Å². The predicted octanol–water partition coefficient (Wildman–Crippen LogP) is -1.06. The van der Waals surface area contributed by atoms with Gasteiger partial charge in [0.25, 0.3) is 0 Å². The van der Waals surface area contributed by atoms with Crippen LogP contribution in [0.25, 0.3) is 0 Å². The van der Waals surface area contributed by atoms with Crippen LogP contribution in [0.1, 0.15) is 5.56 Å². The topological polar surface area (TPSA) is 86.1 Å². The van der Waals surface area contributed by atoms with Crippen LogP contribution in [0.3, 0.4) is 0 Å². The molecule has 1 aromatic rings. The van der Waals surface area contributed by atoms with Crippen LogP contribution in [0.4, 0.5) is 5.69 Å². The third-order valence-corrected chi connectivity index (χ3v) is 1.74. The molecule has 0 heterocycles. The average molecular weight is 150 g/mol. The minimum atomic E-state index is 0.127. The summed E-state index contributed by atoms with van der Waals surface area (Å²) in [5.41, 5.74) is 6.69. The van der Waals surface area contributed by atoms with E-state index in [0.717, 1.165) is 0 Å². The lowest BCUT2D eigenvalue weighted by atomic mass is 10.3. The molecule has 0 amide bonds. The van der Waals surface area contributed by atoms with Gasteiger partial charge in [0.05, 0.1) is 11.0 Å². The highest BCUT2D eigenvalue weighted by atomic mass is 14.7. The number of nitrogens with zero attached hydrogens (tertiary/aromatic N) is 1. The molecule has 4 N–H and O–H groups in total. The minimum Gasteiger partial charge on any atom is -0.397 e. The molecule has 0 saturated carbocycles. The first-order chi connectivity index (χ1) is 5.09. The summed E-state index contributed by atoms with van der Waals surface area (Å²) >= 11 is 0. The van der Waals surface area contributed by atoms with Crippen molar-refractivity contribution in [3.8, 4) is 0 Å². The second-order valence-electron chi connectivity index (χ2n) is 2.36. The first-order valence-corrected chi connectivity index (χ1v) is 3.21. The SMILES string of the molecule is C/N=c1/c(N)c(C)c(=N)c1=N. The second kappa shape index (κ2) is 2.30. The number of nitrogens with one attached hydrogen (secondary N) is 2. The van der Waals surface area contributed by atoms with E-state index < -0.39 is 0 Å². The normalized spacial score (nSPS) is 12.4. The summed E-state index contributed by atoms with van der Waals surface area (Å²) in [6.45, 7) is 1.73. The molecular formula is C7H10N4. The number of nitrogen functional groups attached to an aromatic ring is 1. The van der Waals surface area contributed by atoms with E-state index in [-0.39, 0.29) is 10.7 Å². The highest BCUT2D eigenvalue weighted by molar-refractivity contribution is 5.45. The van der Waals surface area contributed by atoms with Gasteiger partial charge in [0.1, 0.15) is 10.7 Å². The highest BCUT2D eigenvalue weighted by Gasteiger charge is 2.04. The van der Waals surface area contributed by atoms with Crippen LogP contribution in [-0.2, 0) is 0 Å². The van der Waals surface area contributed by atoms with Crippen molar-refractivity contribution in [2.24, 2.45) is 4.99 Å². The molecule has 11 heavy (non-hydrogen) atoms. The molecule has 0 fully saturated rings. The Labute approximate surface area is 63.8 Å². The van der Waals surface area contributed by atoms with Crippen LogP contribution in [0.2, 0.25) is 0 Å². The molecule has 0 spiro atoms. The quantitative estimate of drug-likeness (QED) is 0.432. The van der Waals surface area contributed by atoms with Gasteiger partial charge in [0.15, 0.2) is 0 Å². The number of anilines is 1. The van der Waals surface area contributed by atoms with Crippen molar-refractivity contribution in [2.75, 3.05) is 12.8 Å². The summed E-state index contributed by atoms with van der Waals surface area (Å²) in [6, 6.07) is 0. The maximum Gasteiger partial charge on any atom is 0.107 e. The molecule has 0 atom stereocenters. The van der Waals surface area contributed by atoms with Gasteiger partial charge in [0, 0.05) is 12.6 Å². The van der Waals surface area contributed by atoms with Gasteiger partial charge < -0.3 is 5.73 Å². The van der Waals surface area contributed by atoms with E-state index in [9.17, 15) is 0 Å². The molecule has 0 unspecified atom stereocenters. The molecule has 0 aliphatic rings. The second-order valence-corrected chi connectivity index (χ2v) is 2.36. The molecule has 4 nitrogen and oxygen atoms in total. The Morgan fingerprint density at radius 1 is 1.27 bits per heavy atom. The number of hydrogen-bond acceptors (Lipinski definition) is 4. The number of nitrogens with two attached hydrogens (primary N) is 1. The lowest BCUT2D eigenvalue weighted by Gasteiger charge is -1.84. The predicted molar refractivity (Wildman–Crippen MR) is 41.2 cm³/mol. The van der Waals surface area contributed by atoms with Gasteiger partial charge in [-0.05, 0) is 6.92 Å². The molecule has 4 heteroatoms. The zero-order valence-electron chi connectivity index (χ0n) is 6.52. The number of rotatable bonds is 0. The zero-order chi connectivity index (χ0) is 8.59. The van der Waals surface area contributed by atoms with Crippen molar-refractivity contribution in [3.63, 3.8) is 0 Å². The van der Waals surface area contributed by atoms with Gasteiger partial charge >= 0.3 is 0 Å². The van der Waals surface area contributed by atoms with Gasteiger partial charge in [0.2, 0.25) is 0 Å². The van der Waals surface area contributed by atoms with E-state index in [0.29, 0.717) is 16.6 Å². The van der Waals surface area contributed by atoms with E-state index in [1.165, 1.54) is 0 Å². The van der Waals surface area contributed by atoms with Crippen molar-refractivity contribution in [2.45, 2.75) is 6.92 Å². The molecule has 0 saturated heterocycles. The minimum absolute atomic E-state index is 0.127. The van der Waals surface area contributed by atoms with Crippen molar-refractivity contribution in [3.05, 3.63) is 21.6 Å². The van der Waals surface area contributed by atoms with Crippen LogP contribution < -0.4 is 21.8 Å². The fourth-order valence-corrected chi connectivity index (χ4v) is 0.985. The summed E-state index contributed by atoms with van der Waals surface area (Å²) in [7, 11) is 1.57. The molecule has 1 rings (SSSR count). The van der Waals surface area contributed by atoms with Crippen LogP contribution in [0, 0.1) is 17.7 Å². The third kappa shape index (κ3) is 0.869. The maximum atomic E-state index is 7.40. The van der Waals surface area contributed by atoms with E-state index >= 15 is 0 Å². The fourth-order valence-electron chi connectivity index (χ4n) is 0.985. The Bertz CT molecular complexity index is 421. The van der Waals surface area contributed by atoms with Crippen LogP contribution in [-0.4, -0.2) is 7.05 Å². The van der Waals surface area contributed by atoms with Crippen molar-refractivity contribution in [1.29, 1.82) is 10.8 Å². The molecule has 0 aliphatic heterocycles. The Hall–Kier alpha value is -1.45. The summed E-state index contributed by atoms with van der Waals surface area (Å²) < 4.78 is 0. The Morgan fingerprint density at radius 2 is 1.82 bits per heavy atom. The smallest absolute Gasteiger partial charge is 0.107 e. The Balaban J connectivity index is 3.94. The van der Waals surface area contributed by atoms with Crippen molar-refractivity contribution >= 4 is 5.69 Å². The van der Waals surface area contributed by atoms with Gasteiger partial charge in [-0.2, -0.15) is 0 Å². The molecule has 0 aromatic heterocycles. The van der Waals surface area contributed by atoms with E-state index in [1.807, 2.05) is 0 Å². The Kier molecular flexibility index (Phi) is 1.60. The molecule has 0 aliphatic carbocycles. The van der Waals surface area contributed by atoms with E-state index in [4.69, 9.17) is 16.6 Å². The summed E-state index contributed by atoms with van der Waals surface area (Å²) in [4.78, 5) is 3.82. The largest absolute Gasteiger partial charge is 0.397 e. The molecular weight excluding hydrogens is 140 g/mol. The van der Waals surface area contributed by atoms with E-state index in [2.05, 4.69) is 4.99 Å². The highest BCUT2D eigenvalue weighted by Crippen LogP contribution is 1.92. The summed E-state index contributed by atoms with van der Waals surface area (Å²) in [5.74, 6) is 0. The lowest BCUT2D eigenvalue weighted by Crippen LogP contribution is -2.32. The summed E-state index contributed by atoms with van der Waals surface area (Å²) in [6.07, 6.45) is 0. The monoisotopic (exact) mass is 150 g/mol. The van der Waals surface area contributed by atoms with Crippen LogP contribution in [0.5, 0.6) is 0 Å². The molecule has 1 aromatic carbocycles. The fraction of sp³-hybridized carbons (Fsp3) is 0.286. The van der Waals surface area contributed by atoms with Crippen LogP contribution in [0.15, 0.2) is 4.99 Å². The summed E-state index contributed by atoms with van der Waals surface area (Å²) in [5, 5.41) is 15.5. The van der Waals surface area contributed by atoms with Gasteiger partial charge in [-0.3, -0.25) is 15.8 Å². The van der Waals surface area contributed by atoms with E-state index in [1.54, 1.807) is 14.0 Å². The number of hydrogen-bond donors (Lipinski definition) is 3. The molecule has 0 bridgehead atoms. The zero-order valence-corrected chi connectivity index (χ0v) is 6.52. The third-order valence-electron chi connectivity index (χ3n) is 1.74. The lowest BCUT2D eigenvalue weighted by molar-refractivity contribution is 1.10. The maximum absolute atomic E-state index is 7.40. The first kappa shape index (κ1) is 7.65. The standard InChI is InChI=1S/C7H10N4/c1-3-4(8)6(10)7(11-2)5(3)9/h8,10H,9H2,1-2H3/b8-4?,10-6?,11-7-. The van der Waals surface area contributed by atoms with Gasteiger partial charge in [-0.25, -0.2) is 0 Å². The van der Waals surface area contributed by atoms with Gasteiger partial charge in [-0.15, -0.1) is 0 Å². The van der Waals surface area contributed by atoms with Crippen molar-refractivity contribution in [1.82, 2.24) is 0 Å². The Morgan fingerprint density at radius 3 is 2.00 bits per heavy atom. The average Bonchev–Trinajstić information content (AvgIpc) is 2.17. The first-order valence-electron chi connectivity index (χ1n) is 3.21. The van der Waals surface area contributed by atoms with Gasteiger partial charge in [-0.1, -0.05) is 0 Å². The molecule has 58 valence electrons. The molecule has 0 radical (unpaired) electrons.